The Balaban J connectivity index is 4.45. The van der Waals surface area contributed by atoms with Crippen molar-refractivity contribution in [1.82, 2.24) is 0 Å². The Kier molecular flexibility index (Phi) is 50.9. The molecular weight excluding hydrogens is 805 g/mol. The molecular formula is C59H102O6. The summed E-state index contributed by atoms with van der Waals surface area (Å²) in [7, 11) is 0. The van der Waals surface area contributed by atoms with Gasteiger partial charge in [0.05, 0.1) is 0 Å². The molecule has 0 bridgehead atoms. The van der Waals surface area contributed by atoms with Crippen LogP contribution in [-0.4, -0.2) is 37.2 Å². The molecule has 0 aromatic rings. The van der Waals surface area contributed by atoms with Crippen LogP contribution in [0.3, 0.4) is 0 Å². The van der Waals surface area contributed by atoms with Crippen molar-refractivity contribution in [3.05, 3.63) is 72.9 Å². The van der Waals surface area contributed by atoms with E-state index in [0.29, 0.717) is 19.3 Å². The molecule has 0 unspecified atom stereocenters. The normalized spacial score (nSPS) is 12.6. The molecule has 0 saturated heterocycles. The molecule has 1 atom stereocenters. The molecule has 6 heteroatoms. The van der Waals surface area contributed by atoms with Gasteiger partial charge in [-0.2, -0.15) is 0 Å². The topological polar surface area (TPSA) is 78.9 Å². The highest BCUT2D eigenvalue weighted by molar-refractivity contribution is 5.71. The van der Waals surface area contributed by atoms with Crippen molar-refractivity contribution < 1.29 is 28.6 Å². The van der Waals surface area contributed by atoms with Crippen LogP contribution in [0.4, 0.5) is 0 Å². The second-order valence-corrected chi connectivity index (χ2v) is 18.1. The molecule has 0 N–H and O–H groups in total. The number of rotatable bonds is 49. The first-order chi connectivity index (χ1) is 32.0. The lowest BCUT2D eigenvalue weighted by atomic mass is 10.1. The van der Waals surface area contributed by atoms with Crippen LogP contribution >= 0.6 is 0 Å². The molecule has 0 amide bonds. The predicted molar refractivity (Wildman–Crippen MR) is 279 cm³/mol. The van der Waals surface area contributed by atoms with Crippen LogP contribution in [0.15, 0.2) is 72.9 Å². The van der Waals surface area contributed by atoms with E-state index in [9.17, 15) is 14.4 Å². The van der Waals surface area contributed by atoms with Gasteiger partial charge in [0.1, 0.15) is 13.2 Å². The number of ether oxygens (including phenoxy) is 3. The Bertz CT molecular complexity index is 1230. The third kappa shape index (κ3) is 51.7. The van der Waals surface area contributed by atoms with E-state index in [0.717, 1.165) is 109 Å². The second kappa shape index (κ2) is 53.5. The van der Waals surface area contributed by atoms with Crippen LogP contribution in [-0.2, 0) is 28.6 Å². The van der Waals surface area contributed by atoms with Crippen molar-refractivity contribution in [2.24, 2.45) is 0 Å². The number of hydrogen-bond acceptors (Lipinski definition) is 6. The summed E-state index contributed by atoms with van der Waals surface area (Å²) < 4.78 is 16.8. The van der Waals surface area contributed by atoms with Crippen molar-refractivity contribution >= 4 is 17.9 Å². The number of allylic oxidation sites excluding steroid dienone is 12. The Morgan fingerprint density at radius 3 is 0.908 bits per heavy atom. The van der Waals surface area contributed by atoms with Crippen LogP contribution < -0.4 is 0 Å². The summed E-state index contributed by atoms with van der Waals surface area (Å²) in [5.74, 6) is -0.927. The van der Waals surface area contributed by atoms with E-state index in [1.807, 2.05) is 0 Å². The van der Waals surface area contributed by atoms with E-state index < -0.39 is 6.10 Å². The minimum atomic E-state index is -0.794. The third-order valence-electron chi connectivity index (χ3n) is 11.7. The molecule has 6 nitrogen and oxygen atoms in total. The van der Waals surface area contributed by atoms with E-state index in [2.05, 4.69) is 93.7 Å². The zero-order chi connectivity index (χ0) is 47.2. The van der Waals surface area contributed by atoms with Crippen LogP contribution in [0.1, 0.15) is 265 Å². The van der Waals surface area contributed by atoms with Gasteiger partial charge in [-0.3, -0.25) is 14.4 Å². The van der Waals surface area contributed by atoms with Crippen molar-refractivity contribution in [2.75, 3.05) is 13.2 Å². The molecule has 0 aliphatic carbocycles. The van der Waals surface area contributed by atoms with Crippen molar-refractivity contribution in [1.29, 1.82) is 0 Å². The molecule has 0 radical (unpaired) electrons. The zero-order valence-electron chi connectivity index (χ0n) is 42.7. The van der Waals surface area contributed by atoms with Crippen LogP contribution in [0.25, 0.3) is 0 Å². The Morgan fingerprint density at radius 2 is 0.554 bits per heavy atom. The quantitative estimate of drug-likeness (QED) is 0.0262. The first-order valence-corrected chi connectivity index (χ1v) is 27.4. The van der Waals surface area contributed by atoms with Gasteiger partial charge in [-0.25, -0.2) is 0 Å². The van der Waals surface area contributed by atoms with E-state index in [-0.39, 0.29) is 31.1 Å². The average Bonchev–Trinajstić information content (AvgIpc) is 3.30. The first-order valence-electron chi connectivity index (χ1n) is 27.4. The summed E-state index contributed by atoms with van der Waals surface area (Å²) in [4.78, 5) is 38.1. The van der Waals surface area contributed by atoms with Gasteiger partial charge in [0, 0.05) is 19.3 Å². The van der Waals surface area contributed by atoms with Crippen molar-refractivity contribution in [2.45, 2.75) is 271 Å². The molecule has 0 heterocycles. The Morgan fingerprint density at radius 1 is 0.308 bits per heavy atom. The van der Waals surface area contributed by atoms with Crippen LogP contribution in [0.5, 0.6) is 0 Å². The van der Waals surface area contributed by atoms with Gasteiger partial charge >= 0.3 is 17.9 Å². The highest BCUT2D eigenvalue weighted by atomic mass is 16.6. The monoisotopic (exact) mass is 907 g/mol. The number of carbonyl (C=O) groups excluding carboxylic acids is 3. The summed E-state index contributed by atoms with van der Waals surface area (Å²) in [6.45, 7) is 6.55. The van der Waals surface area contributed by atoms with E-state index in [4.69, 9.17) is 14.2 Å². The molecule has 0 rings (SSSR count). The predicted octanol–water partition coefficient (Wildman–Crippen LogP) is 18.2. The van der Waals surface area contributed by atoms with Gasteiger partial charge < -0.3 is 14.2 Å². The molecule has 0 aromatic heterocycles. The highest BCUT2D eigenvalue weighted by Gasteiger charge is 2.19. The van der Waals surface area contributed by atoms with Crippen molar-refractivity contribution in [3.63, 3.8) is 0 Å². The Labute approximate surface area is 402 Å². The molecule has 374 valence electrons. The summed E-state index contributed by atoms with van der Waals surface area (Å²) in [5, 5.41) is 0. The number of unbranched alkanes of at least 4 members (excludes halogenated alkanes) is 26. The lowest BCUT2D eigenvalue weighted by Crippen LogP contribution is -2.30. The van der Waals surface area contributed by atoms with Gasteiger partial charge in [-0.15, -0.1) is 0 Å². The molecule has 0 saturated carbocycles. The number of carbonyl (C=O) groups is 3. The van der Waals surface area contributed by atoms with Gasteiger partial charge in [0.15, 0.2) is 6.10 Å². The average molecular weight is 907 g/mol. The second-order valence-electron chi connectivity index (χ2n) is 18.1. The van der Waals surface area contributed by atoms with E-state index in [1.165, 1.54) is 116 Å². The zero-order valence-corrected chi connectivity index (χ0v) is 42.7. The third-order valence-corrected chi connectivity index (χ3v) is 11.7. The van der Waals surface area contributed by atoms with E-state index >= 15 is 0 Å². The van der Waals surface area contributed by atoms with Gasteiger partial charge in [-0.1, -0.05) is 203 Å². The molecule has 0 aliphatic rings. The fourth-order valence-corrected chi connectivity index (χ4v) is 7.47. The summed E-state index contributed by atoms with van der Waals surface area (Å²) >= 11 is 0. The number of esters is 3. The first kappa shape index (κ1) is 61.9. The SMILES string of the molecule is CCCCC/C=C\C/C=C\C/C=C\CCCCCCC(=O)OC[C@H](COC(=O)CCCCCCCCC/C=C\CCCCCC)OC(=O)CCCCCCC/C=C\C/C=C\CCCCC. The highest BCUT2D eigenvalue weighted by Crippen LogP contribution is 2.14. The maximum Gasteiger partial charge on any atom is 0.306 e. The van der Waals surface area contributed by atoms with Crippen molar-refractivity contribution in [3.8, 4) is 0 Å². The molecule has 0 fully saturated rings. The maximum absolute atomic E-state index is 12.8. The summed E-state index contributed by atoms with van der Waals surface area (Å²) in [6.07, 6.45) is 67.3. The molecule has 65 heavy (non-hydrogen) atoms. The Hall–Kier alpha value is -3.15. The van der Waals surface area contributed by atoms with E-state index in [1.54, 1.807) is 0 Å². The lowest BCUT2D eigenvalue weighted by molar-refractivity contribution is -0.167. The van der Waals surface area contributed by atoms with Crippen LogP contribution in [0, 0.1) is 0 Å². The lowest BCUT2D eigenvalue weighted by Gasteiger charge is -2.18. The van der Waals surface area contributed by atoms with Gasteiger partial charge in [0.2, 0.25) is 0 Å². The fraction of sp³-hybridized carbons (Fsp3) is 0.746. The van der Waals surface area contributed by atoms with Crippen LogP contribution in [0.2, 0.25) is 0 Å². The molecule has 0 aliphatic heterocycles. The minimum Gasteiger partial charge on any atom is -0.462 e. The standard InChI is InChI=1S/C59H102O6/c1-4-7-10-13-16-19-22-25-28-29-32-34-37-40-43-46-49-52-58(61)64-55-56(65-59(62)53-50-47-44-41-38-35-31-27-24-21-18-15-12-9-6-3)54-63-57(60)51-48-45-42-39-36-33-30-26-23-20-17-14-11-8-5-2/h16,18-21,23,25,27-28,31-32,34,56H,4-15,17,22,24,26,29-30,33,35-55H2,1-3H3/b19-16-,21-18-,23-20-,28-25-,31-27-,34-32-/t56-/m0/s1. The summed E-state index contributed by atoms with van der Waals surface area (Å²) in [6, 6.07) is 0. The molecule has 0 aromatic carbocycles. The number of hydrogen-bond donors (Lipinski definition) is 0. The summed E-state index contributed by atoms with van der Waals surface area (Å²) in [5.41, 5.74) is 0. The smallest absolute Gasteiger partial charge is 0.306 e. The fourth-order valence-electron chi connectivity index (χ4n) is 7.47. The van der Waals surface area contributed by atoms with Gasteiger partial charge in [0.25, 0.3) is 0 Å². The maximum atomic E-state index is 12.8. The molecule has 0 spiro atoms. The largest absolute Gasteiger partial charge is 0.462 e. The van der Waals surface area contributed by atoms with Gasteiger partial charge in [-0.05, 0) is 116 Å². The minimum absolute atomic E-state index is 0.0906.